The van der Waals surface area contributed by atoms with E-state index in [1.807, 2.05) is 25.1 Å². The number of benzene rings is 1. The topological polar surface area (TPSA) is 70.5 Å². The minimum Gasteiger partial charge on any atom is -0.481 e. The zero-order valence-corrected chi connectivity index (χ0v) is 13.9. The van der Waals surface area contributed by atoms with Crippen LogP contribution in [0.5, 0.6) is 0 Å². The highest BCUT2D eigenvalue weighted by Gasteiger charge is 2.40. The molecule has 24 heavy (non-hydrogen) atoms. The maximum absolute atomic E-state index is 12.6. The van der Waals surface area contributed by atoms with E-state index in [9.17, 15) is 14.7 Å². The SMILES string of the molecule is Cc1cccc(C(=O)N2C[C@@H](C(=O)O)[C@H](c3ccc(Cl)cc3)C2)n1. The average Bonchev–Trinajstić information content (AvgIpc) is 3.00. The normalized spacial score (nSPS) is 20.2. The summed E-state index contributed by atoms with van der Waals surface area (Å²) in [6, 6.07) is 12.4. The molecule has 0 aliphatic carbocycles. The molecule has 1 aliphatic rings. The number of halogens is 1. The summed E-state index contributed by atoms with van der Waals surface area (Å²) < 4.78 is 0. The third-order valence-corrected chi connectivity index (χ3v) is 4.58. The second kappa shape index (κ2) is 6.61. The standard InChI is InChI=1S/C18H17ClN2O3/c1-11-3-2-4-16(20-11)17(22)21-9-14(15(10-21)18(23)24)12-5-7-13(19)8-6-12/h2-8,14-15H,9-10H2,1H3,(H,23,24)/t14-,15+/m0/s1. The van der Waals surface area contributed by atoms with E-state index >= 15 is 0 Å². The van der Waals surface area contributed by atoms with Gasteiger partial charge in [0.05, 0.1) is 5.92 Å². The number of aromatic nitrogens is 1. The first-order chi connectivity index (χ1) is 11.5. The van der Waals surface area contributed by atoms with Gasteiger partial charge in [0.1, 0.15) is 5.69 Å². The lowest BCUT2D eigenvalue weighted by atomic mass is 9.89. The van der Waals surface area contributed by atoms with E-state index in [-0.39, 0.29) is 18.4 Å². The van der Waals surface area contributed by atoms with Gasteiger partial charge in [-0.15, -0.1) is 0 Å². The highest BCUT2D eigenvalue weighted by Crippen LogP contribution is 2.34. The molecule has 124 valence electrons. The summed E-state index contributed by atoms with van der Waals surface area (Å²) in [5, 5.41) is 10.1. The van der Waals surface area contributed by atoms with E-state index in [1.165, 1.54) is 0 Å². The number of rotatable bonds is 3. The minimum absolute atomic E-state index is 0.178. The van der Waals surface area contributed by atoms with E-state index in [2.05, 4.69) is 4.98 Å². The van der Waals surface area contributed by atoms with Crippen molar-refractivity contribution < 1.29 is 14.7 Å². The van der Waals surface area contributed by atoms with E-state index in [1.54, 1.807) is 29.2 Å². The van der Waals surface area contributed by atoms with Gasteiger partial charge in [0, 0.05) is 29.7 Å². The number of carboxylic acids is 1. The second-order valence-corrected chi connectivity index (χ2v) is 6.41. The van der Waals surface area contributed by atoms with Gasteiger partial charge in [0.15, 0.2) is 0 Å². The number of hydrogen-bond acceptors (Lipinski definition) is 3. The van der Waals surface area contributed by atoms with Gasteiger partial charge in [-0.3, -0.25) is 9.59 Å². The Labute approximate surface area is 144 Å². The second-order valence-electron chi connectivity index (χ2n) is 5.98. The van der Waals surface area contributed by atoms with Gasteiger partial charge >= 0.3 is 5.97 Å². The lowest BCUT2D eigenvalue weighted by molar-refractivity contribution is -0.141. The number of amides is 1. The molecule has 1 aromatic carbocycles. The number of carbonyl (C=O) groups is 2. The molecule has 1 amide bonds. The fraction of sp³-hybridized carbons (Fsp3) is 0.278. The zero-order valence-electron chi connectivity index (χ0n) is 13.1. The molecule has 0 spiro atoms. The Bertz CT molecular complexity index is 776. The molecular formula is C18H17ClN2O3. The fourth-order valence-electron chi connectivity index (χ4n) is 3.09. The van der Waals surface area contributed by atoms with E-state index in [0.717, 1.165) is 11.3 Å². The summed E-state index contributed by atoms with van der Waals surface area (Å²) >= 11 is 5.90. The van der Waals surface area contributed by atoms with Crippen LogP contribution in [0, 0.1) is 12.8 Å². The van der Waals surface area contributed by atoms with E-state index in [0.29, 0.717) is 17.3 Å². The maximum atomic E-state index is 12.6. The van der Waals surface area contributed by atoms with Crippen molar-refractivity contribution in [3.05, 3.63) is 64.4 Å². The van der Waals surface area contributed by atoms with E-state index < -0.39 is 11.9 Å². The fourth-order valence-corrected chi connectivity index (χ4v) is 3.22. The van der Waals surface area contributed by atoms with Gasteiger partial charge in [0.2, 0.25) is 0 Å². The summed E-state index contributed by atoms with van der Waals surface area (Å²) in [5.41, 5.74) is 1.97. The third-order valence-electron chi connectivity index (χ3n) is 4.33. The number of hydrogen-bond donors (Lipinski definition) is 1. The molecule has 1 aliphatic heterocycles. The number of pyridine rings is 1. The summed E-state index contributed by atoms with van der Waals surface area (Å²) in [7, 11) is 0. The van der Waals surface area contributed by atoms with Gasteiger partial charge < -0.3 is 10.0 Å². The molecule has 0 unspecified atom stereocenters. The van der Waals surface area contributed by atoms with Crippen LogP contribution in [-0.2, 0) is 4.79 Å². The van der Waals surface area contributed by atoms with Crippen LogP contribution in [0.25, 0.3) is 0 Å². The largest absolute Gasteiger partial charge is 0.481 e. The monoisotopic (exact) mass is 344 g/mol. The molecular weight excluding hydrogens is 328 g/mol. The molecule has 2 heterocycles. The molecule has 1 N–H and O–H groups in total. The van der Waals surface area contributed by atoms with Crippen molar-refractivity contribution in [2.75, 3.05) is 13.1 Å². The van der Waals surface area contributed by atoms with Crippen LogP contribution < -0.4 is 0 Å². The zero-order chi connectivity index (χ0) is 17.3. The van der Waals surface area contributed by atoms with Gasteiger partial charge in [-0.1, -0.05) is 29.8 Å². The number of carboxylic acid groups (broad SMARTS) is 1. The maximum Gasteiger partial charge on any atom is 0.308 e. The number of carbonyl (C=O) groups excluding carboxylic acids is 1. The molecule has 1 aromatic heterocycles. The Hall–Kier alpha value is -2.40. The van der Waals surface area contributed by atoms with Crippen molar-refractivity contribution >= 4 is 23.5 Å². The van der Waals surface area contributed by atoms with Crippen molar-refractivity contribution in [3.63, 3.8) is 0 Å². The summed E-state index contributed by atoms with van der Waals surface area (Å²) in [4.78, 5) is 30.1. The molecule has 5 nitrogen and oxygen atoms in total. The molecule has 2 aromatic rings. The molecule has 6 heteroatoms. The Morgan fingerprint density at radius 1 is 1.17 bits per heavy atom. The quantitative estimate of drug-likeness (QED) is 0.929. The molecule has 0 saturated carbocycles. The van der Waals surface area contributed by atoms with Crippen molar-refractivity contribution in [1.82, 2.24) is 9.88 Å². The number of aliphatic carboxylic acids is 1. The summed E-state index contributed by atoms with van der Waals surface area (Å²) in [6.45, 7) is 2.35. The first kappa shape index (κ1) is 16.5. The molecule has 3 rings (SSSR count). The Kier molecular flexibility index (Phi) is 4.53. The Morgan fingerprint density at radius 3 is 2.50 bits per heavy atom. The predicted octanol–water partition coefficient (Wildman–Crippen LogP) is 2.98. The first-order valence-corrected chi connectivity index (χ1v) is 8.04. The predicted molar refractivity (Wildman–Crippen MR) is 90.2 cm³/mol. The molecule has 1 saturated heterocycles. The van der Waals surface area contributed by atoms with Crippen molar-refractivity contribution in [1.29, 1.82) is 0 Å². The van der Waals surface area contributed by atoms with Crippen LogP contribution in [0.3, 0.4) is 0 Å². The highest BCUT2D eigenvalue weighted by atomic mass is 35.5. The Balaban J connectivity index is 1.86. The first-order valence-electron chi connectivity index (χ1n) is 7.67. The van der Waals surface area contributed by atoms with Crippen LogP contribution in [0.2, 0.25) is 5.02 Å². The average molecular weight is 345 g/mol. The van der Waals surface area contributed by atoms with Gasteiger partial charge in [-0.2, -0.15) is 0 Å². The van der Waals surface area contributed by atoms with Gasteiger partial charge in [-0.25, -0.2) is 4.98 Å². The number of aryl methyl sites for hydroxylation is 1. The van der Waals surface area contributed by atoms with Crippen LogP contribution in [0.4, 0.5) is 0 Å². The molecule has 2 atom stereocenters. The molecule has 0 radical (unpaired) electrons. The smallest absolute Gasteiger partial charge is 0.308 e. The highest BCUT2D eigenvalue weighted by molar-refractivity contribution is 6.30. The lowest BCUT2D eigenvalue weighted by Crippen LogP contribution is -2.30. The van der Waals surface area contributed by atoms with Crippen molar-refractivity contribution in [3.8, 4) is 0 Å². The lowest BCUT2D eigenvalue weighted by Gasteiger charge is -2.16. The van der Waals surface area contributed by atoms with E-state index in [4.69, 9.17) is 11.6 Å². The van der Waals surface area contributed by atoms with Gasteiger partial charge in [0.25, 0.3) is 5.91 Å². The summed E-state index contributed by atoms with van der Waals surface area (Å²) in [6.07, 6.45) is 0. The molecule has 0 bridgehead atoms. The van der Waals surface area contributed by atoms with Gasteiger partial charge in [-0.05, 0) is 36.8 Å². The Morgan fingerprint density at radius 2 is 1.88 bits per heavy atom. The van der Waals surface area contributed by atoms with Crippen LogP contribution in [0.1, 0.15) is 27.7 Å². The van der Waals surface area contributed by atoms with Crippen molar-refractivity contribution in [2.24, 2.45) is 5.92 Å². The minimum atomic E-state index is -0.901. The molecule has 1 fully saturated rings. The number of likely N-dealkylation sites (tertiary alicyclic amines) is 1. The third kappa shape index (κ3) is 3.26. The number of nitrogens with zero attached hydrogens (tertiary/aromatic N) is 2. The van der Waals surface area contributed by atoms with Crippen LogP contribution >= 0.6 is 11.6 Å². The van der Waals surface area contributed by atoms with Crippen LogP contribution in [0.15, 0.2) is 42.5 Å². The summed E-state index contributed by atoms with van der Waals surface area (Å²) in [5.74, 6) is -2.03. The van der Waals surface area contributed by atoms with Crippen LogP contribution in [-0.4, -0.2) is 40.0 Å². The van der Waals surface area contributed by atoms with Crippen molar-refractivity contribution in [2.45, 2.75) is 12.8 Å².